The molecule has 0 fully saturated rings. The number of benzene rings is 1. The topological polar surface area (TPSA) is 128 Å². The standard InChI is InChI=1S/C18H19N2O6PS/c1-9(2)5-15-16(20-18(19)28-15)14-7-11(17(26-14)27(21,22)23)10-3-4-12-13(6-10)25-8-24-12/h3-4,6-7,9H,5,8H2,1-2H3,(H2,19,20)(H2,21,22,23). The van der Waals surface area contributed by atoms with Crippen molar-refractivity contribution in [1.82, 2.24) is 4.98 Å². The number of nitrogen functional groups attached to an aromatic ring is 1. The average Bonchev–Trinajstić information content (AvgIpc) is 3.30. The van der Waals surface area contributed by atoms with E-state index in [9.17, 15) is 14.4 Å². The lowest BCUT2D eigenvalue weighted by atomic mass is 10.1. The smallest absolute Gasteiger partial charge is 0.391 e. The molecule has 0 saturated carbocycles. The van der Waals surface area contributed by atoms with Gasteiger partial charge in [-0.15, -0.1) is 11.3 Å². The molecule has 0 atom stereocenters. The predicted octanol–water partition coefficient (Wildman–Crippen LogP) is 3.38. The van der Waals surface area contributed by atoms with Crippen LogP contribution in [0.1, 0.15) is 18.7 Å². The second-order valence-electron chi connectivity index (χ2n) is 6.86. The monoisotopic (exact) mass is 422 g/mol. The predicted molar refractivity (Wildman–Crippen MR) is 106 cm³/mol. The van der Waals surface area contributed by atoms with E-state index < -0.39 is 13.1 Å². The molecule has 0 amide bonds. The van der Waals surface area contributed by atoms with Gasteiger partial charge < -0.3 is 29.4 Å². The van der Waals surface area contributed by atoms with Crippen LogP contribution in [0.5, 0.6) is 11.5 Å². The molecule has 2 aromatic heterocycles. The highest BCUT2D eigenvalue weighted by Crippen LogP contribution is 2.44. The minimum Gasteiger partial charge on any atom is -0.454 e. The summed E-state index contributed by atoms with van der Waals surface area (Å²) in [6.07, 6.45) is 0.732. The number of rotatable bonds is 5. The van der Waals surface area contributed by atoms with Gasteiger partial charge in [0.05, 0.1) is 0 Å². The summed E-state index contributed by atoms with van der Waals surface area (Å²) in [4.78, 5) is 24.9. The summed E-state index contributed by atoms with van der Waals surface area (Å²) in [6, 6.07) is 6.65. The minimum absolute atomic E-state index is 0.109. The number of hydrogen-bond donors (Lipinski definition) is 3. The number of nitrogens with zero attached hydrogens (tertiary/aromatic N) is 1. The van der Waals surface area contributed by atoms with Gasteiger partial charge in [-0.05, 0) is 36.1 Å². The van der Waals surface area contributed by atoms with Crippen molar-refractivity contribution in [3.63, 3.8) is 0 Å². The summed E-state index contributed by atoms with van der Waals surface area (Å²) < 4.78 is 28.4. The van der Waals surface area contributed by atoms with Crippen LogP contribution in [0.4, 0.5) is 5.13 Å². The molecule has 1 aliphatic heterocycles. The van der Waals surface area contributed by atoms with Gasteiger partial charge in [-0.2, -0.15) is 0 Å². The fourth-order valence-corrected chi connectivity index (χ4v) is 4.83. The molecule has 0 radical (unpaired) electrons. The number of aromatic nitrogens is 1. The van der Waals surface area contributed by atoms with E-state index >= 15 is 0 Å². The molecule has 3 heterocycles. The number of furan rings is 1. The van der Waals surface area contributed by atoms with E-state index in [0.717, 1.165) is 11.3 Å². The molecule has 10 heteroatoms. The lowest BCUT2D eigenvalue weighted by molar-refractivity contribution is 0.174. The second kappa shape index (κ2) is 6.93. The lowest BCUT2D eigenvalue weighted by Gasteiger charge is -2.05. The molecule has 1 aliphatic rings. The van der Waals surface area contributed by atoms with Gasteiger partial charge in [0.2, 0.25) is 12.3 Å². The fraction of sp³-hybridized carbons (Fsp3) is 0.278. The van der Waals surface area contributed by atoms with Crippen LogP contribution in [0, 0.1) is 5.92 Å². The van der Waals surface area contributed by atoms with Gasteiger partial charge in [0.15, 0.2) is 22.4 Å². The maximum Gasteiger partial charge on any atom is 0.391 e. The normalized spacial score (nSPS) is 13.5. The Morgan fingerprint density at radius 3 is 2.71 bits per heavy atom. The van der Waals surface area contributed by atoms with Crippen LogP contribution in [0.15, 0.2) is 28.7 Å². The summed E-state index contributed by atoms with van der Waals surface area (Å²) in [5.74, 6) is 1.73. The zero-order valence-electron chi connectivity index (χ0n) is 15.2. The summed E-state index contributed by atoms with van der Waals surface area (Å²) in [5, 5.41) is 0.379. The first-order chi connectivity index (χ1) is 13.2. The molecule has 28 heavy (non-hydrogen) atoms. The summed E-state index contributed by atoms with van der Waals surface area (Å²) in [5.41, 5.74) is 6.80. The van der Waals surface area contributed by atoms with E-state index in [2.05, 4.69) is 18.8 Å². The number of fused-ring (bicyclic) bond motifs is 1. The molecule has 4 N–H and O–H groups in total. The molecule has 1 aromatic carbocycles. The molecule has 4 rings (SSSR count). The largest absolute Gasteiger partial charge is 0.454 e. The summed E-state index contributed by atoms with van der Waals surface area (Å²) >= 11 is 1.35. The summed E-state index contributed by atoms with van der Waals surface area (Å²) in [6.45, 7) is 4.25. The van der Waals surface area contributed by atoms with Crippen LogP contribution in [0.3, 0.4) is 0 Å². The van der Waals surface area contributed by atoms with Crippen molar-refractivity contribution in [3.05, 3.63) is 29.1 Å². The van der Waals surface area contributed by atoms with Gasteiger partial charge in [-0.3, -0.25) is 4.57 Å². The Morgan fingerprint density at radius 1 is 1.25 bits per heavy atom. The molecule has 8 nitrogen and oxygen atoms in total. The Hall–Kier alpha value is -2.32. The maximum absolute atomic E-state index is 12.1. The first-order valence-electron chi connectivity index (χ1n) is 8.58. The zero-order valence-corrected chi connectivity index (χ0v) is 16.9. The highest BCUT2D eigenvalue weighted by Gasteiger charge is 2.31. The molecule has 148 valence electrons. The molecule has 0 unspecified atom stereocenters. The molecular formula is C18H19N2O6PS. The molecule has 0 bridgehead atoms. The Kier molecular flexibility index (Phi) is 4.71. The first-order valence-corrected chi connectivity index (χ1v) is 11.0. The Labute approximate surface area is 165 Å². The number of hydrogen-bond acceptors (Lipinski definition) is 7. The Balaban J connectivity index is 1.85. The highest BCUT2D eigenvalue weighted by molar-refractivity contribution is 7.60. The lowest BCUT2D eigenvalue weighted by Crippen LogP contribution is -2.03. The van der Waals surface area contributed by atoms with Gasteiger partial charge in [-0.1, -0.05) is 19.9 Å². The van der Waals surface area contributed by atoms with Gasteiger partial charge >= 0.3 is 7.60 Å². The van der Waals surface area contributed by atoms with E-state index in [1.807, 2.05) is 0 Å². The van der Waals surface area contributed by atoms with Gasteiger partial charge in [0.1, 0.15) is 5.69 Å². The third kappa shape index (κ3) is 3.54. The van der Waals surface area contributed by atoms with E-state index in [4.69, 9.17) is 19.6 Å². The number of ether oxygens (including phenoxy) is 2. The zero-order chi connectivity index (χ0) is 20.1. The van der Waals surface area contributed by atoms with Crippen LogP contribution in [-0.2, 0) is 11.0 Å². The Morgan fingerprint density at radius 2 is 2.00 bits per heavy atom. The van der Waals surface area contributed by atoms with E-state index in [1.54, 1.807) is 24.3 Å². The Bertz CT molecular complexity index is 1080. The van der Waals surface area contributed by atoms with Crippen LogP contribution in [0.2, 0.25) is 0 Å². The van der Waals surface area contributed by atoms with E-state index in [1.165, 1.54) is 11.3 Å². The average molecular weight is 422 g/mol. The molecule has 3 aromatic rings. The van der Waals surface area contributed by atoms with Crippen molar-refractivity contribution in [3.8, 4) is 34.1 Å². The second-order valence-corrected chi connectivity index (χ2v) is 9.47. The first kappa shape index (κ1) is 19.0. The molecule has 0 saturated heterocycles. The van der Waals surface area contributed by atoms with Crippen molar-refractivity contribution < 1.29 is 28.2 Å². The number of anilines is 1. The highest BCUT2D eigenvalue weighted by atomic mass is 32.1. The van der Waals surface area contributed by atoms with Crippen LogP contribution < -0.4 is 20.7 Å². The van der Waals surface area contributed by atoms with Crippen molar-refractivity contribution in [2.75, 3.05) is 12.5 Å². The number of nitrogens with two attached hydrogens (primary N) is 1. The van der Waals surface area contributed by atoms with E-state index in [-0.39, 0.29) is 18.1 Å². The van der Waals surface area contributed by atoms with Crippen molar-refractivity contribution >= 4 is 29.6 Å². The van der Waals surface area contributed by atoms with Crippen LogP contribution >= 0.6 is 18.9 Å². The van der Waals surface area contributed by atoms with Gasteiger partial charge in [0, 0.05) is 10.4 Å². The van der Waals surface area contributed by atoms with Crippen LogP contribution in [-0.4, -0.2) is 21.6 Å². The number of thiazole rings is 1. The van der Waals surface area contributed by atoms with E-state index in [0.29, 0.717) is 33.8 Å². The van der Waals surface area contributed by atoms with Crippen molar-refractivity contribution in [1.29, 1.82) is 0 Å². The third-order valence-electron chi connectivity index (χ3n) is 4.20. The SMILES string of the molecule is CC(C)Cc1sc(N)nc1-c1cc(-c2ccc3c(c2)OCO3)c(P(=O)(O)O)o1. The van der Waals surface area contributed by atoms with Crippen LogP contribution in [0.25, 0.3) is 22.6 Å². The third-order valence-corrected chi connectivity index (χ3v) is 5.97. The molecule has 0 aliphatic carbocycles. The van der Waals surface area contributed by atoms with Crippen molar-refractivity contribution in [2.45, 2.75) is 20.3 Å². The quantitative estimate of drug-likeness (QED) is 0.534. The minimum atomic E-state index is -4.67. The summed E-state index contributed by atoms with van der Waals surface area (Å²) in [7, 11) is -4.67. The molecule has 0 spiro atoms. The maximum atomic E-state index is 12.1. The van der Waals surface area contributed by atoms with Gasteiger partial charge in [0.25, 0.3) is 0 Å². The fourth-order valence-electron chi connectivity index (χ4n) is 3.06. The van der Waals surface area contributed by atoms with Gasteiger partial charge in [-0.25, -0.2) is 4.98 Å². The van der Waals surface area contributed by atoms with Crippen molar-refractivity contribution in [2.24, 2.45) is 5.92 Å². The molecular weight excluding hydrogens is 403 g/mol.